The van der Waals surface area contributed by atoms with E-state index in [1.807, 2.05) is 43.4 Å². The van der Waals surface area contributed by atoms with Crippen LogP contribution in [0.1, 0.15) is 181 Å². The van der Waals surface area contributed by atoms with Crippen molar-refractivity contribution in [1.82, 2.24) is 0 Å². The Labute approximate surface area is 370 Å². The molecule has 0 aliphatic rings. The maximum Gasteiger partial charge on any atom is 0.472 e. The summed E-state index contributed by atoms with van der Waals surface area (Å²) in [5.74, 6) is -0.994. The second-order valence-corrected chi connectivity index (χ2v) is 17.1. The third kappa shape index (κ3) is 43.8. The molecule has 0 aromatic rings. The van der Waals surface area contributed by atoms with Crippen molar-refractivity contribution in [2.45, 2.75) is 199 Å². The van der Waals surface area contributed by atoms with Crippen molar-refractivity contribution in [3.63, 3.8) is 0 Å². The summed E-state index contributed by atoms with van der Waals surface area (Å²) in [5, 5.41) is 20.0. The van der Waals surface area contributed by atoms with Gasteiger partial charge >= 0.3 is 19.8 Å². The van der Waals surface area contributed by atoms with Gasteiger partial charge in [-0.15, -0.1) is 0 Å². The van der Waals surface area contributed by atoms with Gasteiger partial charge in [0, 0.05) is 19.4 Å². The molecule has 0 aliphatic heterocycles. The second kappa shape index (κ2) is 44.0. The number of hydrogen-bond donors (Lipinski definition) is 4. The van der Waals surface area contributed by atoms with Gasteiger partial charge in [-0.3, -0.25) is 18.6 Å². The maximum absolute atomic E-state index is 12.6. The lowest BCUT2D eigenvalue weighted by atomic mass is 10.0. The highest BCUT2D eigenvalue weighted by molar-refractivity contribution is 7.47. The maximum atomic E-state index is 12.6. The van der Waals surface area contributed by atoms with Crippen LogP contribution in [0, 0.1) is 0 Å². The van der Waals surface area contributed by atoms with Crippen LogP contribution < -0.4 is 5.73 Å². The van der Waals surface area contributed by atoms with E-state index < -0.39 is 44.7 Å². The summed E-state index contributed by atoms with van der Waals surface area (Å²) in [7, 11) is -4.43. The van der Waals surface area contributed by atoms with Crippen LogP contribution in [0.2, 0.25) is 0 Å². The quantitative estimate of drug-likeness (QED) is 0.0151. The van der Waals surface area contributed by atoms with E-state index in [1.165, 1.54) is 96.3 Å². The minimum absolute atomic E-state index is 0.0215. The van der Waals surface area contributed by atoms with Crippen molar-refractivity contribution in [3.8, 4) is 0 Å². The van der Waals surface area contributed by atoms with Crippen LogP contribution in [-0.4, -0.2) is 71.7 Å². The number of phosphoric acid groups is 1. The fourth-order valence-electron chi connectivity index (χ4n) is 6.25. The third-order valence-corrected chi connectivity index (χ3v) is 10.8. The number of hydrogen-bond acceptors (Lipinski definition) is 10. The summed E-state index contributed by atoms with van der Waals surface area (Å²) in [6, 6.07) is 0. The standard InChI is InChI=1S/C49H86NO10P/c1-3-5-7-8-9-10-11-12-13-14-15-16-17-18-19-20-21-25-33-39-48(53)57-43-47(44-59-61(55,56)58-42-41-50)60-49(54)40-34-26-23-22-24-30-36-46(52)38-32-28-27-31-37-45(51)35-29-6-4-2/h6,23-24,26-32,37-38,45-47,51-52H,3-5,7-22,25,33-36,39-44,50H2,1-2H3,(H,55,56)/b26-23-,28-27-,29-6-,30-24-,37-31+,38-32+/t45-,46+,47+/m0/s1. The molecule has 12 heteroatoms. The number of carbonyl (C=O) groups excluding carboxylic acids is 2. The van der Waals surface area contributed by atoms with Gasteiger partial charge in [0.25, 0.3) is 0 Å². The molecule has 4 atom stereocenters. The largest absolute Gasteiger partial charge is 0.472 e. The highest BCUT2D eigenvalue weighted by Gasteiger charge is 2.26. The summed E-state index contributed by atoms with van der Waals surface area (Å²) in [5.41, 5.74) is 5.34. The average molecular weight is 880 g/mol. The SMILES string of the molecule is CC/C=C\C[C@H](O)/C=C/C=C\C=C\[C@H](O)C/C=C\C/C=C\CCC(=O)O[C@H](COC(=O)CCCCCCCCCCCCCCCCCCCCC)COP(=O)(O)OCCN. The van der Waals surface area contributed by atoms with E-state index in [9.17, 15) is 29.3 Å². The lowest BCUT2D eigenvalue weighted by Gasteiger charge is -2.19. The molecular weight excluding hydrogens is 794 g/mol. The van der Waals surface area contributed by atoms with Gasteiger partial charge in [0.15, 0.2) is 6.10 Å². The summed E-state index contributed by atoms with van der Waals surface area (Å²) in [6.45, 7) is 3.35. The average Bonchev–Trinajstić information content (AvgIpc) is 3.24. The molecular formula is C49H86NO10P. The number of phosphoric ester groups is 1. The van der Waals surface area contributed by atoms with Crippen LogP contribution in [0.25, 0.3) is 0 Å². The molecule has 61 heavy (non-hydrogen) atoms. The molecule has 5 N–H and O–H groups in total. The second-order valence-electron chi connectivity index (χ2n) is 15.7. The van der Waals surface area contributed by atoms with Crippen LogP contribution >= 0.6 is 7.82 Å². The molecule has 0 saturated heterocycles. The Morgan fingerprint density at radius 2 is 1.08 bits per heavy atom. The van der Waals surface area contributed by atoms with E-state index in [2.05, 4.69) is 6.92 Å². The van der Waals surface area contributed by atoms with E-state index in [0.29, 0.717) is 32.1 Å². The number of esters is 2. The van der Waals surface area contributed by atoms with Crippen LogP contribution in [0.4, 0.5) is 0 Å². The highest BCUT2D eigenvalue weighted by Crippen LogP contribution is 2.43. The first-order valence-corrected chi connectivity index (χ1v) is 25.1. The van der Waals surface area contributed by atoms with Gasteiger partial charge in [0.1, 0.15) is 6.61 Å². The Morgan fingerprint density at radius 1 is 0.590 bits per heavy atom. The Balaban J connectivity index is 4.32. The summed E-state index contributed by atoms with van der Waals surface area (Å²) in [6.07, 6.45) is 47.3. The van der Waals surface area contributed by atoms with Crippen molar-refractivity contribution in [2.24, 2.45) is 5.73 Å². The van der Waals surface area contributed by atoms with Crippen molar-refractivity contribution in [2.75, 3.05) is 26.4 Å². The van der Waals surface area contributed by atoms with E-state index in [-0.39, 0.29) is 32.6 Å². The minimum Gasteiger partial charge on any atom is -0.462 e. The van der Waals surface area contributed by atoms with Crippen molar-refractivity contribution >= 4 is 19.8 Å². The molecule has 11 nitrogen and oxygen atoms in total. The molecule has 352 valence electrons. The van der Waals surface area contributed by atoms with Gasteiger partial charge in [-0.1, -0.05) is 202 Å². The summed E-state index contributed by atoms with van der Waals surface area (Å²) < 4.78 is 32.7. The van der Waals surface area contributed by atoms with Gasteiger partial charge in [0.05, 0.1) is 25.4 Å². The van der Waals surface area contributed by atoms with Gasteiger partial charge in [0.2, 0.25) is 0 Å². The fraction of sp³-hybridized carbons (Fsp3) is 0.714. The number of rotatable bonds is 43. The molecule has 0 aliphatic carbocycles. The first-order valence-electron chi connectivity index (χ1n) is 23.6. The Bertz CT molecular complexity index is 1260. The molecule has 0 aromatic carbocycles. The number of aliphatic hydroxyl groups is 2. The van der Waals surface area contributed by atoms with Crippen molar-refractivity contribution in [3.05, 3.63) is 72.9 Å². The molecule has 0 aromatic heterocycles. The van der Waals surface area contributed by atoms with E-state index in [4.69, 9.17) is 24.3 Å². The number of nitrogens with two attached hydrogens (primary N) is 1. The van der Waals surface area contributed by atoms with E-state index >= 15 is 0 Å². The molecule has 0 saturated carbocycles. The first kappa shape index (κ1) is 58.4. The molecule has 0 radical (unpaired) electrons. The molecule has 0 amide bonds. The van der Waals surface area contributed by atoms with Crippen LogP contribution in [0.5, 0.6) is 0 Å². The predicted molar refractivity (Wildman–Crippen MR) is 250 cm³/mol. The van der Waals surface area contributed by atoms with Crippen molar-refractivity contribution in [1.29, 1.82) is 0 Å². The predicted octanol–water partition coefficient (Wildman–Crippen LogP) is 11.8. The van der Waals surface area contributed by atoms with Crippen LogP contribution in [-0.2, 0) is 32.7 Å². The Hall–Kier alpha value is -2.63. The summed E-state index contributed by atoms with van der Waals surface area (Å²) in [4.78, 5) is 34.9. The summed E-state index contributed by atoms with van der Waals surface area (Å²) >= 11 is 0. The van der Waals surface area contributed by atoms with Crippen LogP contribution in [0.15, 0.2) is 72.9 Å². The molecule has 0 rings (SSSR count). The van der Waals surface area contributed by atoms with Crippen molar-refractivity contribution < 1.29 is 47.8 Å². The number of aliphatic hydroxyl groups excluding tert-OH is 2. The smallest absolute Gasteiger partial charge is 0.462 e. The number of ether oxygens (including phenoxy) is 2. The lowest BCUT2D eigenvalue weighted by Crippen LogP contribution is -2.29. The number of carbonyl (C=O) groups is 2. The molecule has 0 bridgehead atoms. The fourth-order valence-corrected chi connectivity index (χ4v) is 7.01. The molecule has 1 unspecified atom stereocenters. The molecule has 0 heterocycles. The first-order chi connectivity index (χ1) is 29.6. The third-order valence-electron chi connectivity index (χ3n) is 9.79. The molecule has 0 fully saturated rings. The zero-order valence-electron chi connectivity index (χ0n) is 38.1. The van der Waals surface area contributed by atoms with Gasteiger partial charge in [-0.25, -0.2) is 4.57 Å². The van der Waals surface area contributed by atoms with Crippen LogP contribution in [0.3, 0.4) is 0 Å². The topological polar surface area (TPSA) is 175 Å². The van der Waals surface area contributed by atoms with Gasteiger partial charge in [-0.05, 0) is 38.5 Å². The normalized spacial score (nSPS) is 14.9. The number of unbranched alkanes of at least 4 members (excludes halogenated alkanes) is 18. The van der Waals surface area contributed by atoms with Gasteiger partial charge in [-0.2, -0.15) is 0 Å². The lowest BCUT2D eigenvalue weighted by molar-refractivity contribution is -0.161. The van der Waals surface area contributed by atoms with E-state index in [1.54, 1.807) is 36.5 Å². The van der Waals surface area contributed by atoms with Gasteiger partial charge < -0.3 is 30.3 Å². The van der Waals surface area contributed by atoms with E-state index in [0.717, 1.165) is 25.7 Å². The zero-order chi connectivity index (χ0) is 44.9. The minimum atomic E-state index is -4.43. The zero-order valence-corrected chi connectivity index (χ0v) is 39.0. The number of allylic oxidation sites excluding steroid dienone is 8. The highest BCUT2D eigenvalue weighted by atomic mass is 31.2. The molecule has 0 spiro atoms. The Morgan fingerprint density at radius 3 is 1.59 bits per heavy atom. The monoisotopic (exact) mass is 880 g/mol. The Kier molecular flexibility index (Phi) is 42.1.